The summed E-state index contributed by atoms with van der Waals surface area (Å²) < 4.78 is 7.21. The molecule has 2 aromatic heterocycles. The number of hydrogen-bond donors (Lipinski definition) is 1. The molecule has 0 aliphatic carbocycles. The third-order valence-corrected chi connectivity index (χ3v) is 2.89. The fourth-order valence-electron chi connectivity index (χ4n) is 1.88. The number of rotatable bonds is 6. The Hall–Kier alpha value is -1.55. The summed E-state index contributed by atoms with van der Waals surface area (Å²) in [5, 5.41) is 3.52. The zero-order valence-electron chi connectivity index (χ0n) is 10.4. The molecule has 1 atom stereocenters. The number of aryl methyl sites for hydroxylation is 1. The highest BCUT2D eigenvalue weighted by Crippen LogP contribution is 2.17. The first-order valence-electron chi connectivity index (χ1n) is 6.03. The number of nitrogens with one attached hydrogen (secondary N) is 1. The predicted molar refractivity (Wildman–Crippen MR) is 66.7 cm³/mol. The number of nitrogens with zero attached hydrogens (tertiary/aromatic N) is 2. The number of imidazole rings is 1. The summed E-state index contributed by atoms with van der Waals surface area (Å²) >= 11 is 0. The quantitative estimate of drug-likeness (QED) is 0.832. The summed E-state index contributed by atoms with van der Waals surface area (Å²) in [5.41, 5.74) is 1.18. The third-order valence-electron chi connectivity index (χ3n) is 2.89. The van der Waals surface area contributed by atoms with Crippen molar-refractivity contribution in [1.82, 2.24) is 14.9 Å². The maximum Gasteiger partial charge on any atom is 0.110 e. The fourth-order valence-corrected chi connectivity index (χ4v) is 1.88. The van der Waals surface area contributed by atoms with Crippen LogP contribution in [0.15, 0.2) is 35.4 Å². The third kappa shape index (κ3) is 2.97. The summed E-state index contributed by atoms with van der Waals surface area (Å²) in [6, 6.07) is 2.28. The van der Waals surface area contributed by atoms with Crippen LogP contribution in [0.1, 0.15) is 30.8 Å². The highest BCUT2D eigenvalue weighted by atomic mass is 16.3. The molecule has 4 nitrogen and oxygen atoms in total. The monoisotopic (exact) mass is 233 g/mol. The molecule has 1 unspecified atom stereocenters. The van der Waals surface area contributed by atoms with Gasteiger partial charge in [0, 0.05) is 37.5 Å². The van der Waals surface area contributed by atoms with Crippen LogP contribution in [0.4, 0.5) is 0 Å². The molecule has 0 saturated heterocycles. The van der Waals surface area contributed by atoms with Crippen molar-refractivity contribution in [3.05, 3.63) is 42.4 Å². The first-order valence-corrected chi connectivity index (χ1v) is 6.03. The maximum absolute atomic E-state index is 5.16. The van der Waals surface area contributed by atoms with Gasteiger partial charge < -0.3 is 14.3 Å². The Morgan fingerprint density at radius 1 is 1.53 bits per heavy atom. The molecule has 2 heterocycles. The zero-order chi connectivity index (χ0) is 12.1. The van der Waals surface area contributed by atoms with E-state index < -0.39 is 0 Å². The SMILES string of the molecule is CCCNC(Cc1nccn1C)c1ccoc1. The number of furan rings is 1. The molecule has 0 radical (unpaired) electrons. The van der Waals surface area contributed by atoms with E-state index in [-0.39, 0.29) is 6.04 Å². The van der Waals surface area contributed by atoms with Crippen molar-refractivity contribution >= 4 is 0 Å². The van der Waals surface area contributed by atoms with Crippen molar-refractivity contribution in [3.63, 3.8) is 0 Å². The largest absolute Gasteiger partial charge is 0.472 e. The molecule has 0 fully saturated rings. The molecule has 17 heavy (non-hydrogen) atoms. The Morgan fingerprint density at radius 2 is 2.41 bits per heavy atom. The van der Waals surface area contributed by atoms with Gasteiger partial charge in [0.1, 0.15) is 5.82 Å². The molecule has 0 aliphatic rings. The van der Waals surface area contributed by atoms with Crippen LogP contribution in [0, 0.1) is 0 Å². The van der Waals surface area contributed by atoms with Crippen LogP contribution >= 0.6 is 0 Å². The van der Waals surface area contributed by atoms with E-state index >= 15 is 0 Å². The molecular weight excluding hydrogens is 214 g/mol. The predicted octanol–water partition coefficient (Wildman–Crippen LogP) is 2.30. The lowest BCUT2D eigenvalue weighted by atomic mass is 10.1. The summed E-state index contributed by atoms with van der Waals surface area (Å²) in [6.45, 7) is 3.17. The van der Waals surface area contributed by atoms with Crippen LogP contribution < -0.4 is 5.32 Å². The first-order chi connectivity index (χ1) is 8.31. The van der Waals surface area contributed by atoms with Crippen LogP contribution in [-0.2, 0) is 13.5 Å². The van der Waals surface area contributed by atoms with Gasteiger partial charge in [-0.05, 0) is 19.0 Å². The van der Waals surface area contributed by atoms with Gasteiger partial charge in [-0.15, -0.1) is 0 Å². The molecule has 0 saturated carbocycles. The normalized spacial score (nSPS) is 12.8. The lowest BCUT2D eigenvalue weighted by Crippen LogP contribution is -2.24. The van der Waals surface area contributed by atoms with E-state index in [1.165, 1.54) is 5.56 Å². The Balaban J connectivity index is 2.08. The molecule has 1 N–H and O–H groups in total. The van der Waals surface area contributed by atoms with Crippen LogP contribution in [0.25, 0.3) is 0 Å². The van der Waals surface area contributed by atoms with E-state index in [4.69, 9.17) is 4.42 Å². The van der Waals surface area contributed by atoms with E-state index in [9.17, 15) is 0 Å². The first kappa shape index (κ1) is 11.9. The Bertz CT molecular complexity index is 433. The standard InChI is InChI=1S/C13H19N3O/c1-3-5-14-12(11-4-8-17-10-11)9-13-15-6-7-16(13)2/h4,6-8,10,12,14H,3,5,9H2,1-2H3. The molecule has 0 bridgehead atoms. The van der Waals surface area contributed by atoms with Crippen molar-refractivity contribution < 1.29 is 4.42 Å². The highest BCUT2D eigenvalue weighted by Gasteiger charge is 2.14. The minimum Gasteiger partial charge on any atom is -0.472 e. The lowest BCUT2D eigenvalue weighted by molar-refractivity contribution is 0.499. The molecule has 2 rings (SSSR count). The Labute approximate surface area is 102 Å². The van der Waals surface area contributed by atoms with E-state index in [1.807, 2.05) is 25.5 Å². The topological polar surface area (TPSA) is 43.0 Å². The minimum absolute atomic E-state index is 0.273. The van der Waals surface area contributed by atoms with E-state index in [1.54, 1.807) is 12.5 Å². The van der Waals surface area contributed by atoms with Gasteiger partial charge in [-0.25, -0.2) is 4.98 Å². The Kier molecular flexibility index (Phi) is 3.98. The van der Waals surface area contributed by atoms with E-state index in [2.05, 4.69) is 21.8 Å². The second kappa shape index (κ2) is 5.68. The van der Waals surface area contributed by atoms with E-state index in [0.29, 0.717) is 0 Å². The van der Waals surface area contributed by atoms with Crippen molar-refractivity contribution in [3.8, 4) is 0 Å². The van der Waals surface area contributed by atoms with Crippen molar-refractivity contribution in [2.24, 2.45) is 7.05 Å². The lowest BCUT2D eigenvalue weighted by Gasteiger charge is -2.16. The smallest absolute Gasteiger partial charge is 0.110 e. The molecule has 2 aromatic rings. The minimum atomic E-state index is 0.273. The molecule has 0 aromatic carbocycles. The van der Waals surface area contributed by atoms with Gasteiger partial charge in [0.2, 0.25) is 0 Å². The number of aromatic nitrogens is 2. The zero-order valence-corrected chi connectivity index (χ0v) is 10.4. The van der Waals surface area contributed by atoms with E-state index in [0.717, 1.165) is 25.2 Å². The van der Waals surface area contributed by atoms with Crippen molar-refractivity contribution in [2.45, 2.75) is 25.8 Å². The fraction of sp³-hybridized carbons (Fsp3) is 0.462. The van der Waals surface area contributed by atoms with Gasteiger partial charge in [-0.3, -0.25) is 0 Å². The van der Waals surface area contributed by atoms with Gasteiger partial charge in [0.15, 0.2) is 0 Å². The average molecular weight is 233 g/mol. The maximum atomic E-state index is 5.16. The van der Waals surface area contributed by atoms with Crippen LogP contribution in [0.5, 0.6) is 0 Å². The van der Waals surface area contributed by atoms with Crippen LogP contribution in [0.2, 0.25) is 0 Å². The second-order valence-electron chi connectivity index (χ2n) is 4.22. The van der Waals surface area contributed by atoms with Crippen molar-refractivity contribution in [1.29, 1.82) is 0 Å². The molecule has 0 amide bonds. The van der Waals surface area contributed by atoms with Gasteiger partial charge in [0.25, 0.3) is 0 Å². The second-order valence-corrected chi connectivity index (χ2v) is 4.22. The van der Waals surface area contributed by atoms with Gasteiger partial charge in [-0.2, -0.15) is 0 Å². The summed E-state index contributed by atoms with van der Waals surface area (Å²) in [7, 11) is 2.02. The Morgan fingerprint density at radius 3 is 3.00 bits per heavy atom. The average Bonchev–Trinajstić information content (AvgIpc) is 2.96. The highest BCUT2D eigenvalue weighted by molar-refractivity contribution is 5.14. The van der Waals surface area contributed by atoms with Gasteiger partial charge in [0.05, 0.1) is 12.5 Å². The number of hydrogen-bond acceptors (Lipinski definition) is 3. The van der Waals surface area contributed by atoms with Crippen LogP contribution in [0.3, 0.4) is 0 Å². The van der Waals surface area contributed by atoms with Gasteiger partial charge >= 0.3 is 0 Å². The van der Waals surface area contributed by atoms with Crippen LogP contribution in [-0.4, -0.2) is 16.1 Å². The molecule has 92 valence electrons. The molecule has 0 aliphatic heterocycles. The summed E-state index contributed by atoms with van der Waals surface area (Å²) in [5.74, 6) is 1.08. The molecule has 0 spiro atoms. The van der Waals surface area contributed by atoms with Gasteiger partial charge in [-0.1, -0.05) is 6.92 Å². The molecular formula is C13H19N3O. The van der Waals surface area contributed by atoms with Crippen molar-refractivity contribution in [2.75, 3.05) is 6.54 Å². The summed E-state index contributed by atoms with van der Waals surface area (Å²) in [6.07, 6.45) is 9.33. The summed E-state index contributed by atoms with van der Waals surface area (Å²) in [4.78, 5) is 4.37. The molecule has 4 heteroatoms.